The maximum atomic E-state index is 13.1. The molecule has 4 rings (SSSR count). The standard InChI is InChI=1S/C23H23Cl2N5O5S/c24-18-4-5-19(25)20(13-18)36(32,33)30-11-6-23(7-12-30)14-21(28-35-23)34-22(31)29(10-2-8-26)16-17-3-1-9-27-15-17/h1,3-5,9,13,15H,2,6-7,10-12,14,16H2. The van der Waals surface area contributed by atoms with Crippen LogP contribution >= 0.6 is 23.2 Å². The molecule has 1 amide bonds. The average Bonchev–Trinajstić information content (AvgIpc) is 3.25. The van der Waals surface area contributed by atoms with Gasteiger partial charge >= 0.3 is 6.09 Å². The van der Waals surface area contributed by atoms with Crippen molar-refractivity contribution in [3.05, 3.63) is 58.3 Å². The van der Waals surface area contributed by atoms with E-state index in [0.29, 0.717) is 12.8 Å². The summed E-state index contributed by atoms with van der Waals surface area (Å²) in [4.78, 5) is 23.8. The van der Waals surface area contributed by atoms with Crippen molar-refractivity contribution >= 4 is 45.2 Å². The number of benzene rings is 1. The Hall–Kier alpha value is -2.91. The van der Waals surface area contributed by atoms with Crippen molar-refractivity contribution in [1.29, 1.82) is 5.26 Å². The molecule has 2 aromatic rings. The van der Waals surface area contributed by atoms with Crippen molar-refractivity contribution < 1.29 is 22.8 Å². The highest BCUT2D eigenvalue weighted by Gasteiger charge is 2.46. The summed E-state index contributed by atoms with van der Waals surface area (Å²) in [6.45, 7) is 0.767. The van der Waals surface area contributed by atoms with E-state index in [-0.39, 0.29) is 59.9 Å². The van der Waals surface area contributed by atoms with Crippen LogP contribution in [-0.4, -0.2) is 59.8 Å². The van der Waals surface area contributed by atoms with Gasteiger partial charge in [-0.1, -0.05) is 34.4 Å². The fourth-order valence-electron chi connectivity index (χ4n) is 4.06. The molecule has 0 unspecified atom stereocenters. The number of nitriles is 1. The molecule has 2 aliphatic heterocycles. The summed E-state index contributed by atoms with van der Waals surface area (Å²) in [6, 6.07) is 9.91. The zero-order chi connectivity index (χ0) is 25.8. The van der Waals surface area contributed by atoms with E-state index in [2.05, 4.69) is 10.1 Å². The molecule has 10 nitrogen and oxygen atoms in total. The van der Waals surface area contributed by atoms with Crippen molar-refractivity contribution in [2.45, 2.75) is 42.7 Å². The van der Waals surface area contributed by atoms with E-state index in [4.69, 9.17) is 38.0 Å². The Morgan fingerprint density at radius 3 is 2.75 bits per heavy atom. The lowest BCUT2D eigenvalue weighted by Gasteiger charge is -2.36. The maximum Gasteiger partial charge on any atom is 0.416 e. The largest absolute Gasteiger partial charge is 0.416 e. The van der Waals surface area contributed by atoms with Crippen LogP contribution in [0.5, 0.6) is 0 Å². The van der Waals surface area contributed by atoms with Gasteiger partial charge in [-0.3, -0.25) is 4.98 Å². The van der Waals surface area contributed by atoms with Gasteiger partial charge in [0.1, 0.15) is 10.5 Å². The predicted molar refractivity (Wildman–Crippen MR) is 132 cm³/mol. The lowest BCUT2D eigenvalue weighted by atomic mass is 9.89. The van der Waals surface area contributed by atoms with Crippen molar-refractivity contribution in [1.82, 2.24) is 14.2 Å². The summed E-state index contributed by atoms with van der Waals surface area (Å²) in [5.74, 6) is 0.113. The van der Waals surface area contributed by atoms with Gasteiger partial charge in [-0.15, -0.1) is 0 Å². The molecule has 0 N–H and O–H groups in total. The third kappa shape index (κ3) is 5.90. The molecular weight excluding hydrogens is 529 g/mol. The molecule has 0 bridgehead atoms. The van der Waals surface area contributed by atoms with Crippen molar-refractivity contribution in [2.24, 2.45) is 5.16 Å². The Morgan fingerprint density at radius 2 is 2.06 bits per heavy atom. The van der Waals surface area contributed by atoms with Crippen LogP contribution in [0.15, 0.2) is 52.8 Å². The molecule has 190 valence electrons. The van der Waals surface area contributed by atoms with Crippen LogP contribution < -0.4 is 0 Å². The van der Waals surface area contributed by atoms with E-state index in [1.54, 1.807) is 18.5 Å². The lowest BCUT2D eigenvalue weighted by Crippen LogP contribution is -2.47. The Kier molecular flexibility index (Phi) is 8.00. The summed E-state index contributed by atoms with van der Waals surface area (Å²) in [5, 5.41) is 13.3. The Morgan fingerprint density at radius 1 is 1.28 bits per heavy atom. The minimum Gasteiger partial charge on any atom is -0.392 e. The number of pyridine rings is 1. The van der Waals surface area contributed by atoms with Gasteiger partial charge in [-0.2, -0.15) is 9.57 Å². The van der Waals surface area contributed by atoms with Gasteiger partial charge in [-0.05, 0) is 29.8 Å². The second kappa shape index (κ2) is 11.0. The Bertz CT molecular complexity index is 1290. The second-order valence-electron chi connectivity index (χ2n) is 8.47. The first-order chi connectivity index (χ1) is 17.2. The van der Waals surface area contributed by atoms with Crippen LogP contribution in [0, 0.1) is 11.3 Å². The fraction of sp³-hybridized carbons (Fsp3) is 0.391. The summed E-state index contributed by atoms with van der Waals surface area (Å²) >= 11 is 12.1. The van der Waals surface area contributed by atoms with E-state index < -0.39 is 21.7 Å². The molecule has 36 heavy (non-hydrogen) atoms. The van der Waals surface area contributed by atoms with E-state index in [1.165, 1.54) is 27.4 Å². The van der Waals surface area contributed by atoms with Crippen LogP contribution in [-0.2, 0) is 26.1 Å². The van der Waals surface area contributed by atoms with Crippen LogP contribution in [0.4, 0.5) is 4.79 Å². The van der Waals surface area contributed by atoms with Gasteiger partial charge in [-0.25, -0.2) is 13.2 Å². The SMILES string of the molecule is N#CCCN(Cc1cccnc1)C(=O)OC1=NOC2(CCN(S(=O)(=O)c3cc(Cl)ccc3Cl)CC2)C1. The number of aromatic nitrogens is 1. The number of carbonyl (C=O) groups excluding carboxylic acids is 1. The Labute approximate surface area is 219 Å². The summed E-state index contributed by atoms with van der Waals surface area (Å²) < 4.78 is 33.0. The van der Waals surface area contributed by atoms with Crippen LogP contribution in [0.1, 0.15) is 31.2 Å². The van der Waals surface area contributed by atoms with Crippen molar-refractivity contribution in [3.8, 4) is 6.07 Å². The normalized spacial score (nSPS) is 17.2. The Balaban J connectivity index is 1.36. The molecule has 1 aromatic carbocycles. The molecular formula is C23H23Cl2N5O5S. The van der Waals surface area contributed by atoms with E-state index in [1.807, 2.05) is 12.1 Å². The van der Waals surface area contributed by atoms with E-state index in [0.717, 1.165) is 5.56 Å². The molecule has 2 aliphatic rings. The van der Waals surface area contributed by atoms with Crippen molar-refractivity contribution in [2.75, 3.05) is 19.6 Å². The number of sulfonamides is 1. The van der Waals surface area contributed by atoms with Crippen molar-refractivity contribution in [3.63, 3.8) is 0 Å². The number of carbonyl (C=O) groups is 1. The zero-order valence-electron chi connectivity index (χ0n) is 19.1. The van der Waals surface area contributed by atoms with Gasteiger partial charge < -0.3 is 14.5 Å². The third-order valence-corrected chi connectivity index (χ3v) is 8.63. The highest BCUT2D eigenvalue weighted by atomic mass is 35.5. The first-order valence-corrected chi connectivity index (χ1v) is 13.3. The number of piperidine rings is 1. The number of halogens is 2. The number of amides is 1. The number of rotatable bonds is 6. The fourth-order valence-corrected chi connectivity index (χ4v) is 6.23. The number of hydrogen-bond donors (Lipinski definition) is 0. The molecule has 3 heterocycles. The molecule has 0 aliphatic carbocycles. The smallest absolute Gasteiger partial charge is 0.392 e. The molecule has 1 aromatic heterocycles. The first kappa shape index (κ1) is 26.2. The van der Waals surface area contributed by atoms with Gasteiger partial charge in [0, 0.05) is 49.9 Å². The summed E-state index contributed by atoms with van der Waals surface area (Å²) in [5.41, 5.74) is 0.0301. The average molecular weight is 552 g/mol. The van der Waals surface area contributed by atoms with Gasteiger partial charge in [0.05, 0.1) is 30.5 Å². The van der Waals surface area contributed by atoms with Crippen LogP contribution in [0.3, 0.4) is 0 Å². The zero-order valence-corrected chi connectivity index (χ0v) is 21.5. The van der Waals surface area contributed by atoms with E-state index in [9.17, 15) is 13.2 Å². The van der Waals surface area contributed by atoms with Gasteiger partial charge in [0.25, 0.3) is 0 Å². The molecule has 1 fully saturated rings. The predicted octanol–water partition coefficient (Wildman–Crippen LogP) is 4.20. The number of nitrogens with zero attached hydrogens (tertiary/aromatic N) is 5. The highest BCUT2D eigenvalue weighted by molar-refractivity contribution is 7.89. The first-order valence-electron chi connectivity index (χ1n) is 11.2. The van der Waals surface area contributed by atoms with Gasteiger partial charge in [0.2, 0.25) is 15.9 Å². The number of ether oxygens (including phenoxy) is 1. The quantitative estimate of drug-likeness (QED) is 0.526. The maximum absolute atomic E-state index is 13.1. The molecule has 0 atom stereocenters. The molecule has 1 saturated heterocycles. The summed E-state index contributed by atoms with van der Waals surface area (Å²) in [6.07, 6.45) is 3.68. The van der Waals surface area contributed by atoms with Gasteiger partial charge in [0.15, 0.2) is 0 Å². The van der Waals surface area contributed by atoms with E-state index >= 15 is 0 Å². The molecule has 0 radical (unpaired) electrons. The monoisotopic (exact) mass is 551 g/mol. The molecule has 13 heteroatoms. The van der Waals surface area contributed by atoms with Crippen LogP contribution in [0.2, 0.25) is 10.0 Å². The summed E-state index contributed by atoms with van der Waals surface area (Å²) in [7, 11) is -3.84. The molecule has 1 spiro atoms. The third-order valence-electron chi connectivity index (χ3n) is 6.01. The topological polar surface area (TPSA) is 125 Å². The number of oxime groups is 1. The second-order valence-corrected chi connectivity index (χ2v) is 11.2. The van der Waals surface area contributed by atoms with Crippen LogP contribution in [0.25, 0.3) is 0 Å². The minimum atomic E-state index is -3.84. The highest BCUT2D eigenvalue weighted by Crippen LogP contribution is 2.37. The lowest BCUT2D eigenvalue weighted by molar-refractivity contribution is -0.0506. The number of hydrogen-bond acceptors (Lipinski definition) is 8. The molecule has 0 saturated carbocycles. The minimum absolute atomic E-state index is 0.0445.